The van der Waals surface area contributed by atoms with Gasteiger partial charge in [-0.3, -0.25) is 0 Å². The lowest BCUT2D eigenvalue weighted by molar-refractivity contribution is 0.338. The lowest BCUT2D eigenvalue weighted by atomic mass is 10.1. The molecule has 0 aliphatic heterocycles. The van der Waals surface area contributed by atoms with E-state index >= 15 is 0 Å². The van der Waals surface area contributed by atoms with Crippen molar-refractivity contribution in [2.45, 2.75) is 46.2 Å². The van der Waals surface area contributed by atoms with Gasteiger partial charge in [-0.15, -0.1) is 0 Å². The highest BCUT2D eigenvalue weighted by molar-refractivity contribution is 5.36. The molecule has 1 atom stereocenters. The number of nitrogens with one attached hydrogen (secondary N) is 1. The Morgan fingerprint density at radius 1 is 1.39 bits per heavy atom. The van der Waals surface area contributed by atoms with Crippen molar-refractivity contribution in [2.24, 2.45) is 5.73 Å². The minimum absolute atomic E-state index is 0.305. The van der Waals surface area contributed by atoms with Gasteiger partial charge in [0.05, 0.1) is 6.61 Å². The quantitative estimate of drug-likeness (QED) is 0.697. The zero-order valence-electron chi connectivity index (χ0n) is 11.8. The van der Waals surface area contributed by atoms with Gasteiger partial charge in [0.25, 0.3) is 0 Å². The minimum atomic E-state index is 0.305. The van der Waals surface area contributed by atoms with Gasteiger partial charge in [-0.05, 0) is 57.4 Å². The third-order valence-electron chi connectivity index (χ3n) is 2.88. The van der Waals surface area contributed by atoms with Crippen LogP contribution in [0.25, 0.3) is 0 Å². The lowest BCUT2D eigenvalue weighted by Crippen LogP contribution is -2.19. The highest BCUT2D eigenvalue weighted by Crippen LogP contribution is 2.18. The van der Waals surface area contributed by atoms with Crippen LogP contribution in [0.1, 0.15) is 37.8 Å². The summed E-state index contributed by atoms with van der Waals surface area (Å²) in [5.41, 5.74) is 8.21. The Morgan fingerprint density at radius 3 is 2.78 bits per heavy atom. The van der Waals surface area contributed by atoms with E-state index in [1.165, 1.54) is 11.1 Å². The molecule has 1 rings (SSSR count). The molecule has 1 unspecified atom stereocenters. The Bertz CT molecular complexity index is 350. The average Bonchev–Trinajstić information content (AvgIpc) is 2.32. The minimum Gasteiger partial charge on any atom is -0.494 e. The SMILES string of the molecule is CCOc1ccc(CNCCCC(C)N)cc1C. The molecule has 3 N–H and O–H groups in total. The molecule has 0 radical (unpaired) electrons. The first-order valence-electron chi connectivity index (χ1n) is 6.82. The van der Waals surface area contributed by atoms with E-state index in [-0.39, 0.29) is 0 Å². The van der Waals surface area contributed by atoms with E-state index in [2.05, 4.69) is 37.4 Å². The van der Waals surface area contributed by atoms with Gasteiger partial charge in [0.2, 0.25) is 0 Å². The fourth-order valence-corrected chi connectivity index (χ4v) is 1.92. The molecule has 0 fully saturated rings. The third kappa shape index (κ3) is 5.52. The van der Waals surface area contributed by atoms with Crippen molar-refractivity contribution in [3.05, 3.63) is 29.3 Å². The summed E-state index contributed by atoms with van der Waals surface area (Å²) in [6.07, 6.45) is 2.21. The topological polar surface area (TPSA) is 47.3 Å². The number of benzene rings is 1. The first-order chi connectivity index (χ1) is 8.63. The Hall–Kier alpha value is -1.06. The molecule has 0 amide bonds. The van der Waals surface area contributed by atoms with Gasteiger partial charge in [0.1, 0.15) is 5.75 Å². The van der Waals surface area contributed by atoms with E-state index in [0.717, 1.165) is 38.3 Å². The molecular formula is C15H26N2O. The smallest absolute Gasteiger partial charge is 0.122 e. The molecular weight excluding hydrogens is 224 g/mol. The van der Waals surface area contributed by atoms with E-state index in [1.54, 1.807) is 0 Å². The van der Waals surface area contributed by atoms with Gasteiger partial charge in [-0.1, -0.05) is 12.1 Å². The van der Waals surface area contributed by atoms with Gasteiger partial charge < -0.3 is 15.8 Å². The Kier molecular flexibility index (Phi) is 6.76. The highest BCUT2D eigenvalue weighted by atomic mass is 16.5. The van der Waals surface area contributed by atoms with E-state index in [1.807, 2.05) is 6.92 Å². The lowest BCUT2D eigenvalue weighted by Gasteiger charge is -2.10. The van der Waals surface area contributed by atoms with Crippen LogP contribution in [0.3, 0.4) is 0 Å². The zero-order chi connectivity index (χ0) is 13.4. The van der Waals surface area contributed by atoms with Crippen molar-refractivity contribution < 1.29 is 4.74 Å². The van der Waals surface area contributed by atoms with Crippen LogP contribution in [0.15, 0.2) is 18.2 Å². The average molecular weight is 250 g/mol. The summed E-state index contributed by atoms with van der Waals surface area (Å²) in [6, 6.07) is 6.66. The summed E-state index contributed by atoms with van der Waals surface area (Å²) in [4.78, 5) is 0. The molecule has 0 spiro atoms. The Balaban J connectivity index is 2.32. The molecule has 3 heteroatoms. The standard InChI is InChI=1S/C15H26N2O/c1-4-18-15-8-7-14(10-12(15)2)11-17-9-5-6-13(3)16/h7-8,10,13,17H,4-6,9,11,16H2,1-3H3. The fourth-order valence-electron chi connectivity index (χ4n) is 1.92. The largest absolute Gasteiger partial charge is 0.494 e. The predicted octanol–water partition coefficient (Wildman–Crippen LogP) is 2.61. The van der Waals surface area contributed by atoms with E-state index in [0.29, 0.717) is 6.04 Å². The molecule has 0 aliphatic carbocycles. The van der Waals surface area contributed by atoms with Crippen molar-refractivity contribution >= 4 is 0 Å². The second kappa shape index (κ2) is 8.11. The zero-order valence-corrected chi connectivity index (χ0v) is 11.8. The monoisotopic (exact) mass is 250 g/mol. The molecule has 18 heavy (non-hydrogen) atoms. The number of rotatable bonds is 8. The maximum Gasteiger partial charge on any atom is 0.122 e. The van der Waals surface area contributed by atoms with Gasteiger partial charge >= 0.3 is 0 Å². The summed E-state index contributed by atoms with van der Waals surface area (Å²) in [5.74, 6) is 0.984. The van der Waals surface area contributed by atoms with E-state index in [9.17, 15) is 0 Å². The molecule has 102 valence electrons. The van der Waals surface area contributed by atoms with Crippen molar-refractivity contribution in [1.82, 2.24) is 5.32 Å². The second-order valence-corrected chi connectivity index (χ2v) is 4.83. The van der Waals surface area contributed by atoms with Crippen LogP contribution in [0.2, 0.25) is 0 Å². The van der Waals surface area contributed by atoms with Crippen LogP contribution in [-0.2, 0) is 6.54 Å². The summed E-state index contributed by atoms with van der Waals surface area (Å²) in [6.45, 7) is 8.80. The van der Waals surface area contributed by atoms with Gasteiger partial charge in [0.15, 0.2) is 0 Å². The van der Waals surface area contributed by atoms with Crippen molar-refractivity contribution in [2.75, 3.05) is 13.2 Å². The summed E-state index contributed by atoms with van der Waals surface area (Å²) in [7, 11) is 0. The number of hydrogen-bond acceptors (Lipinski definition) is 3. The molecule has 0 saturated carbocycles. The van der Waals surface area contributed by atoms with Crippen LogP contribution in [0.5, 0.6) is 5.75 Å². The van der Waals surface area contributed by atoms with Crippen molar-refractivity contribution in [3.8, 4) is 5.75 Å². The van der Waals surface area contributed by atoms with Crippen LogP contribution >= 0.6 is 0 Å². The van der Waals surface area contributed by atoms with Crippen LogP contribution in [-0.4, -0.2) is 19.2 Å². The van der Waals surface area contributed by atoms with Crippen molar-refractivity contribution in [3.63, 3.8) is 0 Å². The van der Waals surface area contributed by atoms with E-state index < -0.39 is 0 Å². The molecule has 0 bridgehead atoms. The number of nitrogens with two attached hydrogens (primary N) is 1. The van der Waals surface area contributed by atoms with Gasteiger partial charge in [-0.2, -0.15) is 0 Å². The van der Waals surface area contributed by atoms with E-state index in [4.69, 9.17) is 10.5 Å². The number of ether oxygens (including phenoxy) is 1. The summed E-state index contributed by atoms with van der Waals surface area (Å²) >= 11 is 0. The number of hydrogen-bond donors (Lipinski definition) is 2. The number of aryl methyl sites for hydroxylation is 1. The first-order valence-corrected chi connectivity index (χ1v) is 6.82. The Labute approximate surface area is 111 Å². The molecule has 3 nitrogen and oxygen atoms in total. The highest BCUT2D eigenvalue weighted by Gasteiger charge is 2.00. The summed E-state index contributed by atoms with van der Waals surface area (Å²) < 4.78 is 5.53. The molecule has 0 aliphatic rings. The predicted molar refractivity (Wildman–Crippen MR) is 76.9 cm³/mol. The van der Waals surface area contributed by atoms with Crippen molar-refractivity contribution in [1.29, 1.82) is 0 Å². The van der Waals surface area contributed by atoms with Crippen LogP contribution < -0.4 is 15.8 Å². The molecule has 1 aromatic rings. The third-order valence-corrected chi connectivity index (χ3v) is 2.88. The maximum atomic E-state index is 5.71. The normalized spacial score (nSPS) is 12.4. The van der Waals surface area contributed by atoms with Crippen LogP contribution in [0, 0.1) is 6.92 Å². The molecule has 0 aromatic heterocycles. The fraction of sp³-hybridized carbons (Fsp3) is 0.600. The summed E-state index contributed by atoms with van der Waals surface area (Å²) in [5, 5.41) is 3.44. The maximum absolute atomic E-state index is 5.71. The van der Waals surface area contributed by atoms with Crippen LogP contribution in [0.4, 0.5) is 0 Å². The Morgan fingerprint density at radius 2 is 2.17 bits per heavy atom. The second-order valence-electron chi connectivity index (χ2n) is 4.83. The molecule has 1 aromatic carbocycles. The van der Waals surface area contributed by atoms with Gasteiger partial charge in [0, 0.05) is 12.6 Å². The first kappa shape index (κ1) is 15.0. The molecule has 0 heterocycles. The molecule has 0 saturated heterocycles. The van der Waals surface area contributed by atoms with Gasteiger partial charge in [-0.25, -0.2) is 0 Å².